The van der Waals surface area contributed by atoms with E-state index in [0.717, 1.165) is 12.1 Å². The summed E-state index contributed by atoms with van der Waals surface area (Å²) in [6.07, 6.45) is -5.08. The molecule has 48 heavy (non-hydrogen) atoms. The number of phenolic OH excluding ortho intramolecular Hbond substituents is 1. The summed E-state index contributed by atoms with van der Waals surface area (Å²) in [5.41, 5.74) is -2.33. The predicted molar refractivity (Wildman–Crippen MR) is 166 cm³/mol. The number of nitrogens with zero attached hydrogens (tertiary/aromatic N) is 1. The van der Waals surface area contributed by atoms with Crippen LogP contribution in [0.25, 0.3) is 11.1 Å². The largest absolute Gasteiger partial charge is 0.507 e. The van der Waals surface area contributed by atoms with E-state index in [1.807, 2.05) is 0 Å². The van der Waals surface area contributed by atoms with Crippen molar-refractivity contribution in [1.82, 2.24) is 9.88 Å². The number of carbonyl (C=O) groups is 2. The fourth-order valence-electron chi connectivity index (χ4n) is 5.36. The second-order valence-corrected chi connectivity index (χ2v) is 11.3. The zero-order valence-electron chi connectivity index (χ0n) is 25.8. The summed E-state index contributed by atoms with van der Waals surface area (Å²) < 4.78 is 77.3. The maximum absolute atomic E-state index is 15.9. The molecular weight excluding hydrogens is 663 g/mol. The van der Waals surface area contributed by atoms with Gasteiger partial charge >= 0.3 is 12.1 Å². The number of aliphatic hydroxyl groups is 1. The van der Waals surface area contributed by atoms with Gasteiger partial charge in [-0.2, -0.15) is 13.2 Å². The normalized spacial score (nSPS) is 12.8. The minimum Gasteiger partial charge on any atom is -0.507 e. The van der Waals surface area contributed by atoms with Gasteiger partial charge in [-0.3, -0.25) is 19.0 Å². The molecule has 4 rings (SSSR count). The molecule has 14 heteroatoms. The standard InChI is InChI=1S/C34H30ClF5N2O6/c1-4-48-27(45)15-25(22-14-20(12-18(3)30(22)37)28-17(2)6-5-7-26(28)44)41-32(46)31(21-13-19(16-43)8-9-24(21)36)42-11-10-23(34(38,39)40)29(35)33(42)47/h5-14,25,31,43-44H,4,15-16H2,1-3H3,(H,41,46)/t25-,31?/m0/s1. The molecular formula is C34H30ClF5N2O6. The molecule has 1 aromatic heterocycles. The number of aromatic hydroxyl groups is 1. The van der Waals surface area contributed by atoms with Crippen LogP contribution < -0.4 is 10.9 Å². The van der Waals surface area contributed by atoms with E-state index >= 15 is 8.78 Å². The summed E-state index contributed by atoms with van der Waals surface area (Å²) in [6, 6.07) is 7.44. The van der Waals surface area contributed by atoms with Crippen LogP contribution in [0.2, 0.25) is 5.02 Å². The Morgan fingerprint density at radius 2 is 1.73 bits per heavy atom. The number of ether oxygens (including phenoxy) is 1. The smallest absolute Gasteiger partial charge is 0.418 e. The Labute approximate surface area is 276 Å². The molecule has 0 radical (unpaired) electrons. The third-order valence-corrected chi connectivity index (χ3v) is 7.99. The molecule has 1 amide bonds. The Morgan fingerprint density at radius 3 is 2.35 bits per heavy atom. The average Bonchev–Trinajstić information content (AvgIpc) is 3.01. The van der Waals surface area contributed by atoms with Crippen molar-refractivity contribution in [2.24, 2.45) is 0 Å². The van der Waals surface area contributed by atoms with Gasteiger partial charge in [0.25, 0.3) is 5.56 Å². The first-order valence-corrected chi connectivity index (χ1v) is 14.9. The number of halogens is 6. The molecule has 2 atom stereocenters. The van der Waals surface area contributed by atoms with Gasteiger partial charge < -0.3 is 20.3 Å². The highest BCUT2D eigenvalue weighted by atomic mass is 35.5. The van der Waals surface area contributed by atoms with Gasteiger partial charge in [-0.1, -0.05) is 29.8 Å². The first-order chi connectivity index (χ1) is 22.6. The van der Waals surface area contributed by atoms with Crippen LogP contribution in [0.1, 0.15) is 58.8 Å². The average molecular weight is 693 g/mol. The van der Waals surface area contributed by atoms with E-state index in [0.29, 0.717) is 33.5 Å². The lowest BCUT2D eigenvalue weighted by Gasteiger charge is -2.26. The topological polar surface area (TPSA) is 118 Å². The molecule has 3 N–H and O–H groups in total. The summed E-state index contributed by atoms with van der Waals surface area (Å²) in [4.78, 5) is 40.1. The van der Waals surface area contributed by atoms with Crippen molar-refractivity contribution in [3.8, 4) is 16.9 Å². The third kappa shape index (κ3) is 7.52. The minimum absolute atomic E-state index is 0.0669. The number of aromatic nitrogens is 1. The van der Waals surface area contributed by atoms with Crippen LogP contribution in [-0.4, -0.2) is 33.3 Å². The molecule has 0 aliphatic rings. The fourth-order valence-corrected chi connectivity index (χ4v) is 5.63. The molecule has 0 bridgehead atoms. The van der Waals surface area contributed by atoms with E-state index in [4.69, 9.17) is 16.3 Å². The van der Waals surface area contributed by atoms with Crippen LogP contribution in [0.3, 0.4) is 0 Å². The van der Waals surface area contributed by atoms with E-state index in [2.05, 4.69) is 5.32 Å². The number of alkyl halides is 3. The van der Waals surface area contributed by atoms with Crippen molar-refractivity contribution in [3.05, 3.63) is 121 Å². The molecule has 0 aliphatic heterocycles. The van der Waals surface area contributed by atoms with E-state index in [1.165, 1.54) is 38.1 Å². The molecule has 4 aromatic rings. The summed E-state index contributed by atoms with van der Waals surface area (Å²) in [6.45, 7) is 3.95. The zero-order chi connectivity index (χ0) is 35.5. The van der Waals surface area contributed by atoms with Crippen LogP contribution in [0.5, 0.6) is 5.75 Å². The maximum atomic E-state index is 15.9. The first-order valence-electron chi connectivity index (χ1n) is 14.5. The number of nitrogens with one attached hydrogen (secondary N) is 1. The second-order valence-electron chi connectivity index (χ2n) is 10.9. The fraction of sp³-hybridized carbons (Fsp3) is 0.265. The maximum Gasteiger partial charge on any atom is 0.418 e. The van der Waals surface area contributed by atoms with Crippen molar-refractivity contribution in [2.45, 2.75) is 52.1 Å². The summed E-state index contributed by atoms with van der Waals surface area (Å²) >= 11 is 5.81. The number of aryl methyl sites for hydroxylation is 2. The SMILES string of the molecule is CCOC(=O)C[C@H](NC(=O)C(c1cc(CO)ccc1F)n1ccc(C(F)(F)F)c(Cl)c1=O)c1cc(-c2c(C)cccc2O)cc(C)c1F. The molecule has 8 nitrogen and oxygen atoms in total. The number of amides is 1. The van der Waals surface area contributed by atoms with Gasteiger partial charge in [0.2, 0.25) is 5.91 Å². The van der Waals surface area contributed by atoms with Crippen LogP contribution in [0.15, 0.2) is 65.6 Å². The highest BCUT2D eigenvalue weighted by Gasteiger charge is 2.37. The van der Waals surface area contributed by atoms with Gasteiger partial charge in [-0.25, -0.2) is 8.78 Å². The number of carbonyl (C=O) groups excluding carboxylic acids is 2. The first kappa shape index (κ1) is 36.1. The van der Waals surface area contributed by atoms with Crippen molar-refractivity contribution >= 4 is 23.5 Å². The van der Waals surface area contributed by atoms with Gasteiger partial charge in [0.15, 0.2) is 0 Å². The van der Waals surface area contributed by atoms with Crippen LogP contribution in [0, 0.1) is 25.5 Å². The molecule has 0 spiro atoms. The van der Waals surface area contributed by atoms with E-state index in [1.54, 1.807) is 19.1 Å². The molecule has 254 valence electrons. The van der Waals surface area contributed by atoms with E-state index in [-0.39, 0.29) is 29.0 Å². The Kier molecular flexibility index (Phi) is 11.0. The number of hydrogen-bond donors (Lipinski definition) is 3. The highest BCUT2D eigenvalue weighted by molar-refractivity contribution is 6.31. The lowest BCUT2D eigenvalue weighted by molar-refractivity contribution is -0.144. The van der Waals surface area contributed by atoms with Gasteiger partial charge in [-0.05, 0) is 79.4 Å². The van der Waals surface area contributed by atoms with Crippen molar-refractivity contribution in [3.63, 3.8) is 0 Å². The minimum atomic E-state index is -5.04. The molecule has 0 saturated heterocycles. The molecule has 0 aliphatic carbocycles. The summed E-state index contributed by atoms with van der Waals surface area (Å²) in [7, 11) is 0. The van der Waals surface area contributed by atoms with Gasteiger partial charge in [0.05, 0.1) is 31.2 Å². The number of aliphatic hydroxyl groups excluding tert-OH is 1. The number of benzene rings is 3. The monoisotopic (exact) mass is 692 g/mol. The van der Waals surface area contributed by atoms with E-state index in [9.17, 15) is 37.8 Å². The number of phenols is 1. The lowest BCUT2D eigenvalue weighted by atomic mass is 9.92. The number of rotatable bonds is 10. The van der Waals surface area contributed by atoms with Gasteiger partial charge in [0.1, 0.15) is 28.4 Å². The Balaban J connectivity index is 1.92. The van der Waals surface area contributed by atoms with E-state index < -0.39 is 76.5 Å². The van der Waals surface area contributed by atoms with Crippen molar-refractivity contribution < 1.29 is 46.5 Å². The molecule has 3 aromatic carbocycles. The highest BCUT2D eigenvalue weighted by Crippen LogP contribution is 2.37. The summed E-state index contributed by atoms with van der Waals surface area (Å²) in [5, 5.41) is 21.4. The number of pyridine rings is 1. The molecule has 0 saturated carbocycles. The van der Waals surface area contributed by atoms with Crippen LogP contribution in [0.4, 0.5) is 22.0 Å². The summed E-state index contributed by atoms with van der Waals surface area (Å²) in [5.74, 6) is -4.16. The number of hydrogen-bond acceptors (Lipinski definition) is 6. The zero-order valence-corrected chi connectivity index (χ0v) is 26.5. The Morgan fingerprint density at radius 1 is 1.02 bits per heavy atom. The lowest BCUT2D eigenvalue weighted by Crippen LogP contribution is -2.41. The molecule has 1 heterocycles. The predicted octanol–water partition coefficient (Wildman–Crippen LogP) is 6.68. The Bertz CT molecular complexity index is 1910. The third-order valence-electron chi connectivity index (χ3n) is 7.62. The Hall–Kier alpha value is -4.75. The van der Waals surface area contributed by atoms with Crippen LogP contribution >= 0.6 is 11.6 Å². The molecule has 0 fully saturated rings. The number of esters is 1. The molecule has 1 unspecified atom stereocenters. The van der Waals surface area contributed by atoms with Gasteiger partial charge in [0, 0.05) is 22.9 Å². The van der Waals surface area contributed by atoms with Crippen molar-refractivity contribution in [1.29, 1.82) is 0 Å². The quantitative estimate of drug-likeness (QED) is 0.126. The van der Waals surface area contributed by atoms with Crippen LogP contribution in [-0.2, 0) is 27.1 Å². The van der Waals surface area contributed by atoms with Gasteiger partial charge in [-0.15, -0.1) is 0 Å². The second kappa shape index (κ2) is 14.6. The van der Waals surface area contributed by atoms with Crippen molar-refractivity contribution in [2.75, 3.05) is 6.61 Å².